The van der Waals surface area contributed by atoms with Crippen LogP contribution in [0.5, 0.6) is 0 Å². The molecule has 0 aliphatic heterocycles. The van der Waals surface area contributed by atoms with Gasteiger partial charge < -0.3 is 5.11 Å². The van der Waals surface area contributed by atoms with Crippen molar-refractivity contribution in [1.82, 2.24) is 0 Å². The molecular formula is C10H14O2. The van der Waals surface area contributed by atoms with Gasteiger partial charge in [-0.05, 0) is 25.8 Å². The Labute approximate surface area is 72.6 Å². The van der Waals surface area contributed by atoms with E-state index in [9.17, 15) is 9.90 Å². The summed E-state index contributed by atoms with van der Waals surface area (Å²) in [6, 6.07) is 0. The first kappa shape index (κ1) is 9.20. The Morgan fingerprint density at radius 3 is 2.75 bits per heavy atom. The van der Waals surface area contributed by atoms with Crippen LogP contribution in [-0.2, 0) is 4.79 Å². The fourth-order valence-corrected chi connectivity index (χ4v) is 1.38. The molecule has 0 spiro atoms. The molecule has 1 aliphatic carbocycles. The van der Waals surface area contributed by atoms with Crippen LogP contribution in [0.1, 0.15) is 26.7 Å². The van der Waals surface area contributed by atoms with Crippen LogP contribution >= 0.6 is 0 Å². The van der Waals surface area contributed by atoms with Crippen LogP contribution in [0.3, 0.4) is 0 Å². The van der Waals surface area contributed by atoms with Gasteiger partial charge in [-0.2, -0.15) is 0 Å². The Bertz CT molecular complexity index is 249. The second-order valence-corrected chi connectivity index (χ2v) is 3.08. The van der Waals surface area contributed by atoms with Crippen LogP contribution in [0.4, 0.5) is 0 Å². The summed E-state index contributed by atoms with van der Waals surface area (Å²) in [4.78, 5) is 11.2. The van der Waals surface area contributed by atoms with E-state index < -0.39 is 6.10 Å². The summed E-state index contributed by atoms with van der Waals surface area (Å²) in [5.41, 5.74) is 1.64. The third kappa shape index (κ3) is 1.64. The van der Waals surface area contributed by atoms with E-state index in [0.717, 1.165) is 11.1 Å². The molecule has 0 aromatic heterocycles. The summed E-state index contributed by atoms with van der Waals surface area (Å²) >= 11 is 0. The quantitative estimate of drug-likeness (QED) is 0.633. The zero-order chi connectivity index (χ0) is 9.14. The van der Waals surface area contributed by atoms with Gasteiger partial charge in [-0.25, -0.2) is 0 Å². The first-order valence-corrected chi connectivity index (χ1v) is 4.19. The molecule has 0 bridgehead atoms. The van der Waals surface area contributed by atoms with E-state index in [-0.39, 0.29) is 12.2 Å². The van der Waals surface area contributed by atoms with Crippen LogP contribution in [0.25, 0.3) is 0 Å². The predicted molar refractivity (Wildman–Crippen MR) is 47.8 cm³/mol. The Morgan fingerprint density at radius 2 is 2.33 bits per heavy atom. The number of rotatable bonds is 2. The fourth-order valence-electron chi connectivity index (χ4n) is 1.38. The van der Waals surface area contributed by atoms with Crippen LogP contribution in [-0.4, -0.2) is 17.0 Å². The average Bonchev–Trinajstić information content (AvgIpc) is 2.25. The first-order valence-electron chi connectivity index (χ1n) is 4.19. The zero-order valence-electron chi connectivity index (χ0n) is 7.50. The topological polar surface area (TPSA) is 37.3 Å². The standard InChI is InChI=1S/C10H14O2/c1-3-4-5-8-7(2)9(11)6-10(8)12/h3-4,9,11H,5-6H2,1-2H3/b4-3+/t9-/m1/s1. The lowest BCUT2D eigenvalue weighted by Crippen LogP contribution is -2.03. The van der Waals surface area contributed by atoms with E-state index in [2.05, 4.69) is 0 Å². The van der Waals surface area contributed by atoms with Gasteiger partial charge in [0.05, 0.1) is 6.10 Å². The molecule has 1 rings (SSSR count). The predicted octanol–water partition coefficient (Wildman–Crippen LogP) is 1.60. The number of Topliss-reactive ketones (excluding diaryl/α,β-unsaturated/α-hetero) is 1. The third-order valence-corrected chi connectivity index (χ3v) is 2.25. The molecule has 0 aromatic rings. The minimum absolute atomic E-state index is 0.0955. The van der Waals surface area contributed by atoms with Crippen molar-refractivity contribution in [2.45, 2.75) is 32.8 Å². The van der Waals surface area contributed by atoms with Crippen molar-refractivity contribution in [2.75, 3.05) is 0 Å². The van der Waals surface area contributed by atoms with E-state index in [4.69, 9.17) is 0 Å². The molecule has 0 radical (unpaired) electrons. The number of aliphatic hydroxyl groups excluding tert-OH is 1. The molecule has 0 aromatic carbocycles. The summed E-state index contributed by atoms with van der Waals surface area (Å²) in [6.45, 7) is 3.75. The lowest BCUT2D eigenvalue weighted by atomic mass is 10.1. The van der Waals surface area contributed by atoms with E-state index in [1.165, 1.54) is 0 Å². The number of aliphatic hydroxyl groups is 1. The smallest absolute Gasteiger partial charge is 0.162 e. The number of carbonyl (C=O) groups excluding carboxylic acids is 1. The first-order chi connectivity index (χ1) is 5.66. The summed E-state index contributed by atoms with van der Waals surface area (Å²) in [7, 11) is 0. The van der Waals surface area contributed by atoms with Gasteiger partial charge in [0.2, 0.25) is 0 Å². The van der Waals surface area contributed by atoms with E-state index in [0.29, 0.717) is 6.42 Å². The Morgan fingerprint density at radius 1 is 1.67 bits per heavy atom. The van der Waals surface area contributed by atoms with Crippen molar-refractivity contribution >= 4 is 5.78 Å². The van der Waals surface area contributed by atoms with Gasteiger partial charge in [0, 0.05) is 12.0 Å². The normalized spacial score (nSPS) is 24.6. The summed E-state index contributed by atoms with van der Waals surface area (Å²) in [6.07, 6.45) is 4.27. The highest BCUT2D eigenvalue weighted by Gasteiger charge is 2.26. The molecule has 0 heterocycles. The highest BCUT2D eigenvalue weighted by molar-refractivity contribution is 5.99. The van der Waals surface area contributed by atoms with Gasteiger partial charge in [-0.15, -0.1) is 0 Å². The maximum absolute atomic E-state index is 11.2. The van der Waals surface area contributed by atoms with E-state index in [1.54, 1.807) is 0 Å². The van der Waals surface area contributed by atoms with Crippen molar-refractivity contribution in [2.24, 2.45) is 0 Å². The SMILES string of the molecule is C/C=C/CC1=C(C)[C@H](O)CC1=O. The maximum Gasteiger partial charge on any atom is 0.162 e. The second-order valence-electron chi connectivity index (χ2n) is 3.08. The van der Waals surface area contributed by atoms with Gasteiger partial charge in [-0.1, -0.05) is 12.2 Å². The molecule has 1 N–H and O–H groups in total. The molecule has 12 heavy (non-hydrogen) atoms. The largest absolute Gasteiger partial charge is 0.388 e. The number of ketones is 1. The molecule has 2 nitrogen and oxygen atoms in total. The molecule has 0 saturated carbocycles. The Hall–Kier alpha value is -0.890. The average molecular weight is 166 g/mol. The van der Waals surface area contributed by atoms with Crippen molar-refractivity contribution < 1.29 is 9.90 Å². The second kappa shape index (κ2) is 3.68. The van der Waals surface area contributed by atoms with Crippen LogP contribution in [0, 0.1) is 0 Å². The Balaban J connectivity index is 2.78. The van der Waals surface area contributed by atoms with Crippen LogP contribution in [0.2, 0.25) is 0 Å². The molecule has 2 heteroatoms. The van der Waals surface area contributed by atoms with Crippen molar-refractivity contribution in [1.29, 1.82) is 0 Å². The zero-order valence-corrected chi connectivity index (χ0v) is 7.50. The molecule has 0 unspecified atom stereocenters. The molecule has 66 valence electrons. The van der Waals surface area contributed by atoms with Gasteiger partial charge >= 0.3 is 0 Å². The summed E-state index contributed by atoms with van der Waals surface area (Å²) < 4.78 is 0. The van der Waals surface area contributed by atoms with E-state index in [1.807, 2.05) is 26.0 Å². The van der Waals surface area contributed by atoms with Gasteiger partial charge in [0.1, 0.15) is 0 Å². The molecule has 0 fully saturated rings. The highest BCUT2D eigenvalue weighted by Crippen LogP contribution is 2.25. The lowest BCUT2D eigenvalue weighted by Gasteiger charge is -1.99. The number of allylic oxidation sites excluding steroid dienone is 3. The highest BCUT2D eigenvalue weighted by atomic mass is 16.3. The summed E-state index contributed by atoms with van der Waals surface area (Å²) in [5.74, 6) is 0.0955. The molecular weight excluding hydrogens is 152 g/mol. The molecule has 1 aliphatic rings. The van der Waals surface area contributed by atoms with Crippen molar-refractivity contribution in [3.63, 3.8) is 0 Å². The minimum atomic E-state index is -0.530. The number of hydrogen-bond donors (Lipinski definition) is 1. The van der Waals surface area contributed by atoms with Gasteiger partial charge in [0.25, 0.3) is 0 Å². The van der Waals surface area contributed by atoms with Crippen LogP contribution < -0.4 is 0 Å². The number of carbonyl (C=O) groups is 1. The fraction of sp³-hybridized carbons (Fsp3) is 0.500. The third-order valence-electron chi connectivity index (χ3n) is 2.25. The molecule has 0 saturated heterocycles. The maximum atomic E-state index is 11.2. The van der Waals surface area contributed by atoms with Gasteiger partial charge in [0.15, 0.2) is 5.78 Å². The van der Waals surface area contributed by atoms with Crippen molar-refractivity contribution in [3.05, 3.63) is 23.3 Å². The minimum Gasteiger partial charge on any atom is -0.388 e. The van der Waals surface area contributed by atoms with Crippen molar-refractivity contribution in [3.8, 4) is 0 Å². The van der Waals surface area contributed by atoms with Crippen LogP contribution in [0.15, 0.2) is 23.3 Å². The lowest BCUT2D eigenvalue weighted by molar-refractivity contribution is -0.115. The number of hydrogen-bond acceptors (Lipinski definition) is 2. The monoisotopic (exact) mass is 166 g/mol. The van der Waals surface area contributed by atoms with Gasteiger partial charge in [-0.3, -0.25) is 4.79 Å². The van der Waals surface area contributed by atoms with E-state index >= 15 is 0 Å². The molecule has 0 amide bonds. The Kier molecular flexibility index (Phi) is 2.82. The summed E-state index contributed by atoms with van der Waals surface area (Å²) in [5, 5.41) is 9.34. The molecule has 1 atom stereocenters.